The Morgan fingerprint density at radius 3 is 2.16 bits per heavy atom. The van der Waals surface area contributed by atoms with Crippen molar-refractivity contribution < 1.29 is 26.4 Å². The van der Waals surface area contributed by atoms with Crippen LogP contribution in [0.25, 0.3) is 0 Å². The van der Waals surface area contributed by atoms with Crippen LogP contribution in [-0.4, -0.2) is 20.9 Å². The summed E-state index contributed by atoms with van der Waals surface area (Å²) in [5, 5.41) is 2.69. The van der Waals surface area contributed by atoms with Crippen molar-refractivity contribution in [3.63, 3.8) is 0 Å². The number of benzene rings is 3. The number of carbonyl (C=O) groups excluding carboxylic acids is 1. The fourth-order valence-corrected chi connectivity index (χ4v) is 4.36. The van der Waals surface area contributed by atoms with Crippen molar-refractivity contribution in [2.45, 2.75) is 11.1 Å². The minimum Gasteiger partial charge on any atom is -0.325 e. The number of nitrogens with zero attached hydrogens (tertiary/aromatic N) is 1. The largest absolute Gasteiger partial charge is 0.416 e. The maximum atomic E-state index is 13.2. The summed E-state index contributed by atoms with van der Waals surface area (Å²) >= 11 is 5.99. The molecule has 10 heteroatoms. The average Bonchev–Trinajstić information content (AvgIpc) is 2.72. The van der Waals surface area contributed by atoms with Gasteiger partial charge >= 0.3 is 6.18 Å². The molecule has 0 bridgehead atoms. The highest BCUT2D eigenvalue weighted by Crippen LogP contribution is 2.30. The fraction of sp³-hybridized carbons (Fsp3) is 0.0952. The number of hydrogen-bond acceptors (Lipinski definition) is 3. The van der Waals surface area contributed by atoms with Crippen molar-refractivity contribution in [3.05, 3.63) is 89.4 Å². The summed E-state index contributed by atoms with van der Waals surface area (Å²) in [5.41, 5.74) is -0.599. The smallest absolute Gasteiger partial charge is 0.325 e. The van der Waals surface area contributed by atoms with Gasteiger partial charge in [0.15, 0.2) is 0 Å². The summed E-state index contributed by atoms with van der Waals surface area (Å²) in [4.78, 5) is 12.5. The molecule has 0 aromatic heterocycles. The zero-order chi connectivity index (χ0) is 22.6. The van der Waals surface area contributed by atoms with E-state index in [4.69, 9.17) is 11.6 Å². The zero-order valence-electron chi connectivity index (χ0n) is 15.8. The second-order valence-corrected chi connectivity index (χ2v) is 8.73. The minimum absolute atomic E-state index is 0.0303. The number of sulfonamides is 1. The summed E-state index contributed by atoms with van der Waals surface area (Å²) < 4.78 is 65.3. The van der Waals surface area contributed by atoms with Crippen LogP contribution in [0.5, 0.6) is 0 Å². The van der Waals surface area contributed by atoms with Gasteiger partial charge in [0.2, 0.25) is 5.91 Å². The Morgan fingerprint density at radius 2 is 1.58 bits per heavy atom. The fourth-order valence-electron chi connectivity index (χ4n) is 2.74. The van der Waals surface area contributed by atoms with Gasteiger partial charge in [0, 0.05) is 10.7 Å². The van der Waals surface area contributed by atoms with E-state index in [0.717, 1.165) is 28.6 Å². The van der Waals surface area contributed by atoms with Gasteiger partial charge < -0.3 is 5.32 Å². The summed E-state index contributed by atoms with van der Waals surface area (Å²) in [7, 11) is -4.12. The normalized spacial score (nSPS) is 11.7. The summed E-state index contributed by atoms with van der Waals surface area (Å²) in [5.74, 6) is -0.737. The van der Waals surface area contributed by atoms with Crippen LogP contribution in [-0.2, 0) is 21.0 Å². The lowest BCUT2D eigenvalue weighted by atomic mass is 10.2. The van der Waals surface area contributed by atoms with E-state index in [-0.39, 0.29) is 21.3 Å². The Kier molecular flexibility index (Phi) is 6.56. The van der Waals surface area contributed by atoms with Crippen LogP contribution >= 0.6 is 11.6 Å². The highest BCUT2D eigenvalue weighted by molar-refractivity contribution is 7.92. The van der Waals surface area contributed by atoms with Crippen molar-refractivity contribution in [1.29, 1.82) is 0 Å². The molecule has 31 heavy (non-hydrogen) atoms. The molecule has 3 aromatic carbocycles. The predicted octanol–water partition coefficient (Wildman–Crippen LogP) is 5.19. The first kappa shape index (κ1) is 22.6. The van der Waals surface area contributed by atoms with Gasteiger partial charge in [-0.2, -0.15) is 13.2 Å². The topological polar surface area (TPSA) is 66.5 Å². The molecule has 3 rings (SSSR count). The lowest BCUT2D eigenvalue weighted by molar-refractivity contribution is -0.137. The zero-order valence-corrected chi connectivity index (χ0v) is 17.4. The van der Waals surface area contributed by atoms with E-state index >= 15 is 0 Å². The van der Waals surface area contributed by atoms with E-state index in [1.807, 2.05) is 0 Å². The number of anilines is 2. The number of amides is 1. The van der Waals surface area contributed by atoms with Gasteiger partial charge in [-0.1, -0.05) is 35.9 Å². The standard InChI is InChI=1S/C21H16ClF3N2O3S/c22-16-5-4-6-18(13-16)27(31(29,30)19-7-2-1-3-8-19)14-20(28)26-17-11-9-15(10-12-17)21(23,24)25/h1-13H,14H2,(H,26,28). The third-order valence-corrected chi connectivity index (χ3v) is 6.23. The number of carbonyl (C=O) groups is 1. The Balaban J connectivity index is 1.87. The molecule has 0 aliphatic heterocycles. The molecule has 0 saturated carbocycles. The van der Waals surface area contributed by atoms with E-state index in [1.54, 1.807) is 30.3 Å². The molecule has 0 radical (unpaired) electrons. The second-order valence-electron chi connectivity index (χ2n) is 6.43. The van der Waals surface area contributed by atoms with Gasteiger partial charge in [-0.25, -0.2) is 8.42 Å². The minimum atomic E-state index is -4.50. The number of hydrogen-bond donors (Lipinski definition) is 1. The lowest BCUT2D eigenvalue weighted by Crippen LogP contribution is -2.38. The van der Waals surface area contributed by atoms with Gasteiger partial charge in [-0.15, -0.1) is 0 Å². The van der Waals surface area contributed by atoms with Crippen LogP contribution in [0.4, 0.5) is 24.5 Å². The van der Waals surface area contributed by atoms with Gasteiger partial charge in [0.1, 0.15) is 6.54 Å². The summed E-state index contributed by atoms with van der Waals surface area (Å²) in [6.07, 6.45) is -4.50. The highest BCUT2D eigenvalue weighted by Gasteiger charge is 2.30. The average molecular weight is 469 g/mol. The Hall–Kier alpha value is -3.04. The Bertz CT molecular complexity index is 1170. The molecular formula is C21H16ClF3N2O3S. The van der Waals surface area contributed by atoms with Crippen molar-refractivity contribution in [2.75, 3.05) is 16.2 Å². The maximum Gasteiger partial charge on any atom is 0.416 e. The van der Waals surface area contributed by atoms with Crippen LogP contribution in [0.2, 0.25) is 5.02 Å². The second kappa shape index (κ2) is 8.99. The van der Waals surface area contributed by atoms with Gasteiger partial charge in [0.25, 0.3) is 10.0 Å². The molecule has 0 aliphatic carbocycles. The first-order valence-corrected chi connectivity index (χ1v) is 10.7. The molecule has 5 nitrogen and oxygen atoms in total. The van der Waals surface area contributed by atoms with Gasteiger partial charge in [0.05, 0.1) is 16.1 Å². The van der Waals surface area contributed by atoms with E-state index in [1.165, 1.54) is 24.3 Å². The lowest BCUT2D eigenvalue weighted by Gasteiger charge is -2.24. The number of rotatable bonds is 6. The summed E-state index contributed by atoms with van der Waals surface area (Å²) in [6.45, 7) is -0.613. The van der Waals surface area contributed by atoms with Gasteiger partial charge in [-0.05, 0) is 54.6 Å². The molecule has 162 valence electrons. The number of nitrogens with one attached hydrogen (secondary N) is 1. The van der Waals surface area contributed by atoms with Crippen LogP contribution in [0, 0.1) is 0 Å². The molecule has 3 aromatic rings. The SMILES string of the molecule is O=C(CN(c1cccc(Cl)c1)S(=O)(=O)c1ccccc1)Nc1ccc(C(F)(F)F)cc1. The maximum absolute atomic E-state index is 13.2. The van der Waals surface area contributed by atoms with Crippen LogP contribution in [0.15, 0.2) is 83.8 Å². The molecular weight excluding hydrogens is 453 g/mol. The molecule has 0 heterocycles. The molecule has 0 saturated heterocycles. The van der Waals surface area contributed by atoms with Gasteiger partial charge in [-0.3, -0.25) is 9.10 Å². The molecule has 1 amide bonds. The van der Waals surface area contributed by atoms with E-state index in [2.05, 4.69) is 5.32 Å². The number of halogens is 4. The van der Waals surface area contributed by atoms with Crippen LogP contribution in [0.3, 0.4) is 0 Å². The first-order chi connectivity index (χ1) is 14.6. The quantitative estimate of drug-likeness (QED) is 0.541. The molecule has 0 atom stereocenters. The van der Waals surface area contributed by atoms with Crippen molar-refractivity contribution in [2.24, 2.45) is 0 Å². The predicted molar refractivity (Wildman–Crippen MR) is 112 cm³/mol. The monoisotopic (exact) mass is 468 g/mol. The third kappa shape index (κ3) is 5.56. The molecule has 0 spiro atoms. The number of alkyl halides is 3. The van der Waals surface area contributed by atoms with E-state index in [0.29, 0.717) is 0 Å². The Morgan fingerprint density at radius 1 is 0.935 bits per heavy atom. The van der Waals surface area contributed by atoms with E-state index < -0.39 is 34.2 Å². The van der Waals surface area contributed by atoms with Crippen molar-refractivity contribution >= 4 is 38.9 Å². The summed E-state index contributed by atoms with van der Waals surface area (Å²) in [6, 6.07) is 17.3. The molecule has 0 fully saturated rings. The molecule has 0 aliphatic rings. The van der Waals surface area contributed by atoms with Crippen LogP contribution in [0.1, 0.15) is 5.56 Å². The highest BCUT2D eigenvalue weighted by atomic mass is 35.5. The third-order valence-electron chi connectivity index (χ3n) is 4.21. The Labute approximate surface area is 182 Å². The van der Waals surface area contributed by atoms with Crippen LogP contribution < -0.4 is 9.62 Å². The molecule has 0 unspecified atom stereocenters. The first-order valence-electron chi connectivity index (χ1n) is 8.88. The van der Waals surface area contributed by atoms with Crippen molar-refractivity contribution in [3.8, 4) is 0 Å². The van der Waals surface area contributed by atoms with Crippen molar-refractivity contribution in [1.82, 2.24) is 0 Å². The molecule has 1 N–H and O–H groups in total. The van der Waals surface area contributed by atoms with E-state index in [9.17, 15) is 26.4 Å².